The lowest BCUT2D eigenvalue weighted by atomic mass is 9.97. The number of nitrogens with zero attached hydrogens (tertiary/aromatic N) is 2. The van der Waals surface area contributed by atoms with E-state index in [9.17, 15) is 13.2 Å². The van der Waals surface area contributed by atoms with E-state index in [2.05, 4.69) is 10.4 Å². The molecule has 0 radical (unpaired) electrons. The average molecular weight is 436 g/mol. The zero-order valence-corrected chi connectivity index (χ0v) is 17.9. The van der Waals surface area contributed by atoms with E-state index in [1.807, 2.05) is 36.4 Å². The van der Waals surface area contributed by atoms with Crippen molar-refractivity contribution in [3.05, 3.63) is 73.1 Å². The van der Waals surface area contributed by atoms with Crippen LogP contribution < -0.4 is 10.1 Å². The number of hydrogen-bond acceptors (Lipinski definition) is 5. The number of amides is 1. The summed E-state index contributed by atoms with van der Waals surface area (Å²) in [6.45, 7) is -0.202. The smallest absolute Gasteiger partial charge is 0.262 e. The second kappa shape index (κ2) is 8.23. The molecule has 3 aromatic carbocycles. The molecule has 0 atom stereocenters. The van der Waals surface area contributed by atoms with Crippen molar-refractivity contribution in [1.29, 1.82) is 0 Å². The number of aryl methyl sites for hydroxylation is 1. The number of carbonyl (C=O) groups is 1. The van der Waals surface area contributed by atoms with E-state index in [1.54, 1.807) is 48.4 Å². The van der Waals surface area contributed by atoms with Gasteiger partial charge in [-0.2, -0.15) is 5.10 Å². The third kappa shape index (κ3) is 4.59. The van der Waals surface area contributed by atoms with E-state index in [0.717, 1.165) is 16.3 Å². The lowest BCUT2D eigenvalue weighted by Gasteiger charge is -2.15. The van der Waals surface area contributed by atoms with Crippen LogP contribution in [-0.4, -0.2) is 37.0 Å². The predicted octanol–water partition coefficient (Wildman–Crippen LogP) is 3.66. The monoisotopic (exact) mass is 435 g/mol. The standard InChI is InChI=1S/C23H21N3O4S/c1-26-14-18(13-24-26)25-22(27)15-30-21-11-10-16-6-3-4-9-20(16)23(21)17-7-5-8-19(12-17)31(2,28)29/h3-14H,15H2,1-2H3,(H,25,27). The van der Waals surface area contributed by atoms with Gasteiger partial charge in [-0.1, -0.05) is 42.5 Å². The average Bonchev–Trinajstić information content (AvgIpc) is 3.15. The zero-order chi connectivity index (χ0) is 22.0. The third-order valence-corrected chi connectivity index (χ3v) is 5.90. The molecule has 4 rings (SSSR count). The molecule has 158 valence electrons. The summed E-state index contributed by atoms with van der Waals surface area (Å²) in [7, 11) is -1.61. The molecular weight excluding hydrogens is 414 g/mol. The number of aromatic nitrogens is 2. The van der Waals surface area contributed by atoms with Crippen LogP contribution in [0.3, 0.4) is 0 Å². The van der Waals surface area contributed by atoms with E-state index in [4.69, 9.17) is 4.74 Å². The number of nitrogens with one attached hydrogen (secondary N) is 1. The molecule has 0 bridgehead atoms. The van der Waals surface area contributed by atoms with Gasteiger partial charge in [0.2, 0.25) is 0 Å². The summed E-state index contributed by atoms with van der Waals surface area (Å²) in [4.78, 5) is 12.6. The van der Waals surface area contributed by atoms with E-state index in [0.29, 0.717) is 17.0 Å². The fraction of sp³-hybridized carbons (Fsp3) is 0.130. The fourth-order valence-corrected chi connectivity index (χ4v) is 4.04. The minimum atomic E-state index is -3.37. The predicted molar refractivity (Wildman–Crippen MR) is 120 cm³/mol. The Balaban J connectivity index is 1.70. The Morgan fingerprint density at radius 3 is 2.65 bits per heavy atom. The highest BCUT2D eigenvalue weighted by atomic mass is 32.2. The van der Waals surface area contributed by atoms with Gasteiger partial charge in [-0.15, -0.1) is 0 Å². The Bertz CT molecular complexity index is 1380. The molecule has 1 aromatic heterocycles. The number of fused-ring (bicyclic) bond motifs is 1. The van der Waals surface area contributed by atoms with Crippen LogP contribution in [0.5, 0.6) is 5.75 Å². The van der Waals surface area contributed by atoms with Gasteiger partial charge in [0.05, 0.1) is 16.8 Å². The maximum absolute atomic E-state index is 12.3. The summed E-state index contributed by atoms with van der Waals surface area (Å²) in [5.74, 6) is 0.169. The quantitative estimate of drug-likeness (QED) is 0.499. The Hall–Kier alpha value is -3.65. The number of ether oxygens (including phenoxy) is 1. The first kappa shape index (κ1) is 20.6. The van der Waals surface area contributed by atoms with Gasteiger partial charge in [-0.3, -0.25) is 9.48 Å². The molecule has 0 unspecified atom stereocenters. The second-order valence-corrected chi connectivity index (χ2v) is 9.22. The molecule has 0 aliphatic heterocycles. The van der Waals surface area contributed by atoms with Crippen molar-refractivity contribution in [2.45, 2.75) is 4.90 Å². The molecule has 4 aromatic rings. The molecular formula is C23H21N3O4S. The molecule has 0 aliphatic rings. The van der Waals surface area contributed by atoms with Crippen molar-refractivity contribution in [3.8, 4) is 16.9 Å². The Labute approximate surface area is 180 Å². The number of rotatable bonds is 6. The number of benzene rings is 3. The SMILES string of the molecule is Cn1cc(NC(=O)COc2ccc3ccccc3c2-c2cccc(S(C)(=O)=O)c2)cn1. The summed E-state index contributed by atoms with van der Waals surface area (Å²) in [6, 6.07) is 18.2. The Morgan fingerprint density at radius 2 is 1.90 bits per heavy atom. The molecule has 0 fully saturated rings. The number of carbonyl (C=O) groups excluding carboxylic acids is 1. The van der Waals surface area contributed by atoms with Crippen molar-refractivity contribution >= 4 is 32.2 Å². The number of anilines is 1. The molecule has 1 N–H and O–H groups in total. The zero-order valence-electron chi connectivity index (χ0n) is 17.1. The van der Waals surface area contributed by atoms with Crippen molar-refractivity contribution in [1.82, 2.24) is 9.78 Å². The minimum Gasteiger partial charge on any atom is -0.483 e. The lowest BCUT2D eigenvalue weighted by Crippen LogP contribution is -2.20. The lowest BCUT2D eigenvalue weighted by molar-refractivity contribution is -0.118. The number of sulfone groups is 1. The van der Waals surface area contributed by atoms with Crippen molar-refractivity contribution < 1.29 is 17.9 Å². The second-order valence-electron chi connectivity index (χ2n) is 7.20. The summed E-state index contributed by atoms with van der Waals surface area (Å²) < 4.78 is 31.6. The van der Waals surface area contributed by atoms with Gasteiger partial charge in [0.25, 0.3) is 5.91 Å². The van der Waals surface area contributed by atoms with Crippen LogP contribution in [-0.2, 0) is 21.7 Å². The highest BCUT2D eigenvalue weighted by Crippen LogP contribution is 2.38. The van der Waals surface area contributed by atoms with Crippen molar-refractivity contribution in [2.24, 2.45) is 7.05 Å². The minimum absolute atomic E-state index is 0.202. The van der Waals surface area contributed by atoms with Crippen molar-refractivity contribution in [2.75, 3.05) is 18.2 Å². The van der Waals surface area contributed by atoms with E-state index >= 15 is 0 Å². The van der Waals surface area contributed by atoms with E-state index in [-0.39, 0.29) is 17.4 Å². The largest absolute Gasteiger partial charge is 0.483 e. The molecule has 0 saturated heterocycles. The maximum Gasteiger partial charge on any atom is 0.262 e. The first-order valence-corrected chi connectivity index (χ1v) is 11.4. The van der Waals surface area contributed by atoms with Crippen LogP contribution in [0.25, 0.3) is 21.9 Å². The summed E-state index contributed by atoms with van der Waals surface area (Å²) in [6.07, 6.45) is 4.42. The topological polar surface area (TPSA) is 90.3 Å². The summed E-state index contributed by atoms with van der Waals surface area (Å²) in [5.41, 5.74) is 2.01. The van der Waals surface area contributed by atoms with Crippen molar-refractivity contribution in [3.63, 3.8) is 0 Å². The van der Waals surface area contributed by atoms with Crippen LogP contribution in [0.15, 0.2) is 78.0 Å². The maximum atomic E-state index is 12.3. The van der Waals surface area contributed by atoms with Crippen LogP contribution in [0.4, 0.5) is 5.69 Å². The molecule has 1 heterocycles. The van der Waals surface area contributed by atoms with Gasteiger partial charge in [0.15, 0.2) is 16.4 Å². The molecule has 1 amide bonds. The molecule has 7 nitrogen and oxygen atoms in total. The summed E-state index contributed by atoms with van der Waals surface area (Å²) >= 11 is 0. The fourth-order valence-electron chi connectivity index (χ4n) is 3.38. The van der Waals surface area contributed by atoms with E-state index in [1.165, 1.54) is 6.26 Å². The van der Waals surface area contributed by atoms with Gasteiger partial charge >= 0.3 is 0 Å². The number of hydrogen-bond donors (Lipinski definition) is 1. The molecule has 0 saturated carbocycles. The first-order chi connectivity index (χ1) is 14.8. The van der Waals surface area contributed by atoms with Gasteiger partial charge in [0, 0.05) is 25.1 Å². The highest BCUT2D eigenvalue weighted by molar-refractivity contribution is 7.90. The van der Waals surface area contributed by atoms with Crippen LogP contribution in [0.1, 0.15) is 0 Å². The van der Waals surface area contributed by atoms with Crippen LogP contribution in [0.2, 0.25) is 0 Å². The highest BCUT2D eigenvalue weighted by Gasteiger charge is 2.15. The Morgan fingerprint density at radius 1 is 1.10 bits per heavy atom. The van der Waals surface area contributed by atoms with Crippen LogP contribution >= 0.6 is 0 Å². The van der Waals surface area contributed by atoms with E-state index < -0.39 is 9.84 Å². The van der Waals surface area contributed by atoms with Gasteiger partial charge in [0.1, 0.15) is 5.75 Å². The van der Waals surface area contributed by atoms with Crippen LogP contribution in [0, 0.1) is 0 Å². The van der Waals surface area contributed by atoms with Gasteiger partial charge < -0.3 is 10.1 Å². The third-order valence-electron chi connectivity index (χ3n) is 4.79. The molecule has 0 aliphatic carbocycles. The molecule has 8 heteroatoms. The molecule has 0 spiro atoms. The van der Waals surface area contributed by atoms with Gasteiger partial charge in [-0.05, 0) is 34.5 Å². The van der Waals surface area contributed by atoms with Gasteiger partial charge in [-0.25, -0.2) is 8.42 Å². The normalized spacial score (nSPS) is 11.4. The summed E-state index contributed by atoms with van der Waals surface area (Å²) in [5, 5.41) is 8.63. The molecule has 31 heavy (non-hydrogen) atoms. The Kier molecular flexibility index (Phi) is 5.48. The first-order valence-electron chi connectivity index (χ1n) is 9.55.